The Morgan fingerprint density at radius 3 is 2.45 bits per heavy atom. The van der Waals surface area contributed by atoms with Crippen molar-refractivity contribution in [3.05, 3.63) is 35.6 Å². The van der Waals surface area contributed by atoms with E-state index in [4.69, 9.17) is 0 Å². The molecule has 0 amide bonds. The molecule has 0 radical (unpaired) electrons. The maximum absolute atomic E-state index is 13.6. The van der Waals surface area contributed by atoms with Crippen LogP contribution in [-0.4, -0.2) is 75.2 Å². The molecule has 0 aromatic heterocycles. The van der Waals surface area contributed by atoms with E-state index in [0.717, 1.165) is 50.5 Å². The highest BCUT2D eigenvalue weighted by molar-refractivity contribution is 14.0. The molecule has 2 fully saturated rings. The summed E-state index contributed by atoms with van der Waals surface area (Å²) in [5, 5.41) is 6.93. The molecule has 7 heteroatoms. The summed E-state index contributed by atoms with van der Waals surface area (Å²) in [5.74, 6) is 1.25. The molecule has 164 valence electrons. The third-order valence-corrected chi connectivity index (χ3v) is 6.21. The number of aliphatic imine (C=N–C) groups is 1. The fourth-order valence-electron chi connectivity index (χ4n) is 4.07. The Bertz CT molecular complexity index is 656. The van der Waals surface area contributed by atoms with Gasteiger partial charge in [-0.3, -0.25) is 4.99 Å². The van der Waals surface area contributed by atoms with E-state index in [0.29, 0.717) is 5.92 Å². The lowest BCUT2D eigenvalue weighted by atomic mass is 9.96. The third-order valence-electron chi connectivity index (χ3n) is 6.21. The molecule has 1 atom stereocenters. The van der Waals surface area contributed by atoms with Gasteiger partial charge in [0.25, 0.3) is 0 Å². The van der Waals surface area contributed by atoms with Crippen molar-refractivity contribution in [1.82, 2.24) is 20.4 Å². The van der Waals surface area contributed by atoms with Crippen LogP contribution >= 0.6 is 24.0 Å². The van der Waals surface area contributed by atoms with Crippen LogP contribution in [0.2, 0.25) is 0 Å². The van der Waals surface area contributed by atoms with Gasteiger partial charge in [0.1, 0.15) is 5.82 Å². The minimum Gasteiger partial charge on any atom is -0.356 e. The van der Waals surface area contributed by atoms with Crippen LogP contribution in [0.15, 0.2) is 29.3 Å². The first-order valence-electron chi connectivity index (χ1n) is 10.7. The average Bonchev–Trinajstić information content (AvgIpc) is 3.50. The molecule has 1 aliphatic carbocycles. The zero-order valence-electron chi connectivity index (χ0n) is 18.1. The van der Waals surface area contributed by atoms with Crippen molar-refractivity contribution in [3.8, 4) is 0 Å². The van der Waals surface area contributed by atoms with Gasteiger partial charge in [0.05, 0.1) is 0 Å². The van der Waals surface area contributed by atoms with Crippen LogP contribution in [0.4, 0.5) is 4.39 Å². The summed E-state index contributed by atoms with van der Waals surface area (Å²) in [6, 6.07) is 7.02. The van der Waals surface area contributed by atoms with E-state index in [9.17, 15) is 4.39 Å². The number of nitrogens with zero attached hydrogens (tertiary/aromatic N) is 3. The highest BCUT2D eigenvalue weighted by Gasteiger charge is 2.44. The molecule has 0 bridgehead atoms. The first-order valence-corrected chi connectivity index (χ1v) is 10.7. The van der Waals surface area contributed by atoms with Crippen molar-refractivity contribution in [1.29, 1.82) is 0 Å². The molecule has 29 heavy (non-hydrogen) atoms. The van der Waals surface area contributed by atoms with Gasteiger partial charge in [-0.15, -0.1) is 24.0 Å². The monoisotopic (exact) mass is 517 g/mol. The molecule has 1 aliphatic heterocycles. The van der Waals surface area contributed by atoms with E-state index in [-0.39, 0.29) is 35.2 Å². The van der Waals surface area contributed by atoms with E-state index in [1.165, 1.54) is 32.2 Å². The Balaban J connectivity index is 0.00000300. The summed E-state index contributed by atoms with van der Waals surface area (Å²) in [4.78, 5) is 9.45. The lowest BCUT2D eigenvalue weighted by Crippen LogP contribution is -2.49. The summed E-state index contributed by atoms with van der Waals surface area (Å²) < 4.78 is 13.6. The van der Waals surface area contributed by atoms with Gasteiger partial charge in [0.15, 0.2) is 5.96 Å². The van der Waals surface area contributed by atoms with Crippen molar-refractivity contribution in [3.63, 3.8) is 0 Å². The highest BCUT2D eigenvalue weighted by Crippen LogP contribution is 2.47. The summed E-state index contributed by atoms with van der Waals surface area (Å²) in [6.45, 7) is 13.2. The summed E-state index contributed by atoms with van der Waals surface area (Å²) in [5.41, 5.74) is 1.15. The standard InChI is InChI=1S/C22H36FN5.HI/c1-4-27-10-12-28(13-11-27)16-18(2)15-25-21(24-3)26-17-22(8-9-22)19-6-5-7-20(23)14-19;/h5-7,14,18H,4,8-13,15-17H2,1-3H3,(H2,24,25,26);1H. The van der Waals surface area contributed by atoms with Gasteiger partial charge < -0.3 is 20.4 Å². The predicted molar refractivity (Wildman–Crippen MR) is 130 cm³/mol. The SMILES string of the molecule is CCN1CCN(CC(C)CNC(=NC)NCC2(c3cccc(F)c3)CC2)CC1.I. The minimum absolute atomic E-state index is 0. The number of likely N-dealkylation sites (N-methyl/N-ethyl adjacent to an activating group) is 1. The average molecular weight is 517 g/mol. The number of hydrogen-bond acceptors (Lipinski definition) is 3. The zero-order valence-corrected chi connectivity index (χ0v) is 20.4. The third kappa shape index (κ3) is 7.07. The number of guanidine groups is 1. The van der Waals surface area contributed by atoms with Crippen LogP contribution < -0.4 is 10.6 Å². The number of rotatable bonds is 8. The summed E-state index contributed by atoms with van der Waals surface area (Å²) in [6.07, 6.45) is 2.20. The molecule has 3 rings (SSSR count). The Morgan fingerprint density at radius 2 is 1.86 bits per heavy atom. The largest absolute Gasteiger partial charge is 0.356 e. The normalized spacial score (nSPS) is 20.6. The van der Waals surface area contributed by atoms with Crippen LogP contribution in [-0.2, 0) is 5.41 Å². The Labute approximate surface area is 192 Å². The molecule has 1 aromatic carbocycles. The molecule has 2 aliphatic rings. The second-order valence-corrected chi connectivity index (χ2v) is 8.44. The van der Waals surface area contributed by atoms with E-state index in [2.05, 4.69) is 39.3 Å². The summed E-state index contributed by atoms with van der Waals surface area (Å²) >= 11 is 0. The fraction of sp³-hybridized carbons (Fsp3) is 0.682. The van der Waals surface area contributed by atoms with Gasteiger partial charge in [0.2, 0.25) is 0 Å². The lowest BCUT2D eigenvalue weighted by Gasteiger charge is -2.35. The molecule has 5 nitrogen and oxygen atoms in total. The van der Waals surface area contributed by atoms with E-state index < -0.39 is 0 Å². The van der Waals surface area contributed by atoms with Gasteiger partial charge in [-0.2, -0.15) is 0 Å². The molecule has 1 saturated heterocycles. The van der Waals surface area contributed by atoms with Gasteiger partial charge in [0, 0.05) is 58.3 Å². The Hall–Kier alpha value is -0.930. The van der Waals surface area contributed by atoms with Gasteiger partial charge >= 0.3 is 0 Å². The van der Waals surface area contributed by atoms with Gasteiger partial charge in [-0.1, -0.05) is 26.0 Å². The quantitative estimate of drug-likeness (QED) is 0.316. The topological polar surface area (TPSA) is 42.9 Å². The zero-order chi connectivity index (χ0) is 20.0. The minimum atomic E-state index is -0.153. The highest BCUT2D eigenvalue weighted by atomic mass is 127. The predicted octanol–water partition coefficient (Wildman–Crippen LogP) is 2.91. The molecule has 1 aromatic rings. The van der Waals surface area contributed by atoms with Crippen LogP contribution in [0.1, 0.15) is 32.3 Å². The van der Waals surface area contributed by atoms with Crippen molar-refractivity contribution in [2.75, 3.05) is 59.4 Å². The Morgan fingerprint density at radius 1 is 1.17 bits per heavy atom. The second-order valence-electron chi connectivity index (χ2n) is 8.44. The second kappa shape index (κ2) is 11.5. The molecular weight excluding hydrogens is 480 g/mol. The maximum Gasteiger partial charge on any atom is 0.191 e. The van der Waals surface area contributed by atoms with Crippen LogP contribution in [0.25, 0.3) is 0 Å². The van der Waals surface area contributed by atoms with Crippen LogP contribution in [0.5, 0.6) is 0 Å². The molecular formula is C22H37FIN5. The van der Waals surface area contributed by atoms with Gasteiger partial charge in [-0.05, 0) is 43.0 Å². The lowest BCUT2D eigenvalue weighted by molar-refractivity contribution is 0.124. The first kappa shape index (κ1) is 24.3. The van der Waals surface area contributed by atoms with Crippen molar-refractivity contribution in [2.45, 2.75) is 32.1 Å². The fourth-order valence-corrected chi connectivity index (χ4v) is 4.07. The molecule has 1 saturated carbocycles. The Kier molecular flexibility index (Phi) is 9.62. The molecule has 2 N–H and O–H groups in total. The molecule has 1 heterocycles. The number of benzene rings is 1. The number of nitrogens with one attached hydrogen (secondary N) is 2. The molecule has 1 unspecified atom stereocenters. The van der Waals surface area contributed by atoms with E-state index in [1.54, 1.807) is 12.1 Å². The van der Waals surface area contributed by atoms with Gasteiger partial charge in [-0.25, -0.2) is 4.39 Å². The van der Waals surface area contributed by atoms with E-state index >= 15 is 0 Å². The van der Waals surface area contributed by atoms with Crippen molar-refractivity contribution in [2.24, 2.45) is 10.9 Å². The van der Waals surface area contributed by atoms with Crippen LogP contribution in [0, 0.1) is 11.7 Å². The summed E-state index contributed by atoms with van der Waals surface area (Å²) in [7, 11) is 1.81. The number of piperazine rings is 1. The first-order chi connectivity index (χ1) is 13.5. The van der Waals surface area contributed by atoms with Crippen molar-refractivity contribution >= 4 is 29.9 Å². The van der Waals surface area contributed by atoms with E-state index in [1.807, 2.05) is 13.1 Å². The number of hydrogen-bond donors (Lipinski definition) is 2. The van der Waals surface area contributed by atoms with Crippen molar-refractivity contribution < 1.29 is 4.39 Å². The van der Waals surface area contributed by atoms with Crippen LogP contribution in [0.3, 0.4) is 0 Å². The smallest absolute Gasteiger partial charge is 0.191 e. The molecule has 0 spiro atoms. The maximum atomic E-state index is 13.6. The number of halogens is 2.